The molecule has 0 bridgehead atoms. The van der Waals surface area contributed by atoms with E-state index in [2.05, 4.69) is 19.9 Å². The Morgan fingerprint density at radius 1 is 1.11 bits per heavy atom. The molecule has 3 rings (SSSR count). The minimum absolute atomic E-state index is 0.285. The summed E-state index contributed by atoms with van der Waals surface area (Å²) >= 11 is 6.03. The van der Waals surface area contributed by atoms with E-state index in [-0.39, 0.29) is 5.28 Å². The van der Waals surface area contributed by atoms with Gasteiger partial charge in [0.25, 0.3) is 0 Å². The van der Waals surface area contributed by atoms with Gasteiger partial charge in [-0.2, -0.15) is 15.0 Å². The number of fused-ring (bicyclic) bond motifs is 1. The molecule has 1 aromatic rings. The van der Waals surface area contributed by atoms with Crippen LogP contribution < -0.4 is 9.80 Å². The highest BCUT2D eigenvalue weighted by atomic mass is 35.5. The lowest BCUT2D eigenvalue weighted by Crippen LogP contribution is -2.36. The maximum atomic E-state index is 6.03. The van der Waals surface area contributed by atoms with Gasteiger partial charge in [-0.3, -0.25) is 0 Å². The molecule has 104 valence electrons. The molecule has 2 unspecified atom stereocenters. The first-order valence-electron chi connectivity index (χ1n) is 7.00. The van der Waals surface area contributed by atoms with Gasteiger partial charge in [0.15, 0.2) is 0 Å². The third kappa shape index (κ3) is 2.48. The predicted octanol–water partition coefficient (Wildman–Crippen LogP) is 2.36. The van der Waals surface area contributed by atoms with Crippen molar-refractivity contribution in [2.75, 3.05) is 30.4 Å². The number of halogens is 1. The molecule has 5 nitrogen and oxygen atoms in total. The molecular formula is C13H20ClN5. The van der Waals surface area contributed by atoms with Crippen LogP contribution in [0.1, 0.15) is 32.1 Å². The van der Waals surface area contributed by atoms with Crippen LogP contribution in [0.15, 0.2) is 0 Å². The van der Waals surface area contributed by atoms with Crippen molar-refractivity contribution >= 4 is 23.5 Å². The monoisotopic (exact) mass is 281 g/mol. The molecule has 0 amide bonds. The molecule has 1 saturated heterocycles. The molecule has 6 heteroatoms. The Hall–Kier alpha value is -1.10. The van der Waals surface area contributed by atoms with Crippen LogP contribution in [0.3, 0.4) is 0 Å². The molecule has 2 fully saturated rings. The van der Waals surface area contributed by atoms with Crippen LogP contribution in [-0.2, 0) is 0 Å². The van der Waals surface area contributed by atoms with Gasteiger partial charge in [0.05, 0.1) is 0 Å². The molecule has 0 aromatic carbocycles. The van der Waals surface area contributed by atoms with Crippen LogP contribution in [0, 0.1) is 5.92 Å². The molecule has 1 saturated carbocycles. The fourth-order valence-corrected chi connectivity index (χ4v) is 3.46. The van der Waals surface area contributed by atoms with E-state index in [0.29, 0.717) is 12.0 Å². The first-order chi connectivity index (χ1) is 9.15. The number of hydrogen-bond donors (Lipinski definition) is 0. The zero-order valence-corrected chi connectivity index (χ0v) is 12.3. The highest BCUT2D eigenvalue weighted by Crippen LogP contribution is 2.38. The van der Waals surface area contributed by atoms with E-state index in [1.54, 1.807) is 0 Å². The molecule has 2 heterocycles. The van der Waals surface area contributed by atoms with E-state index in [1.807, 2.05) is 19.0 Å². The lowest BCUT2D eigenvalue weighted by atomic mass is 9.85. The molecule has 0 spiro atoms. The Kier molecular flexibility index (Phi) is 3.48. The topological polar surface area (TPSA) is 45.2 Å². The summed E-state index contributed by atoms with van der Waals surface area (Å²) < 4.78 is 0. The second-order valence-corrected chi connectivity index (χ2v) is 6.03. The Bertz CT molecular complexity index is 464. The second kappa shape index (κ2) is 5.12. The molecule has 0 N–H and O–H groups in total. The Morgan fingerprint density at radius 2 is 1.89 bits per heavy atom. The van der Waals surface area contributed by atoms with Gasteiger partial charge < -0.3 is 9.80 Å². The number of aromatic nitrogens is 3. The van der Waals surface area contributed by atoms with E-state index in [0.717, 1.165) is 18.4 Å². The smallest absolute Gasteiger partial charge is 0.231 e. The average Bonchev–Trinajstić information content (AvgIpc) is 2.81. The van der Waals surface area contributed by atoms with Gasteiger partial charge in [0.2, 0.25) is 17.2 Å². The maximum absolute atomic E-state index is 6.03. The van der Waals surface area contributed by atoms with Crippen molar-refractivity contribution in [1.82, 2.24) is 15.0 Å². The van der Waals surface area contributed by atoms with Crippen molar-refractivity contribution in [3.8, 4) is 0 Å². The standard InChI is InChI=1S/C13H20ClN5/c1-18(2)12-15-11(14)16-13(17-12)19-8-7-9-5-3-4-6-10(9)19/h9-10H,3-8H2,1-2H3. The predicted molar refractivity (Wildman–Crippen MR) is 76.9 cm³/mol. The molecule has 1 aromatic heterocycles. The fourth-order valence-electron chi connectivity index (χ4n) is 3.31. The molecule has 2 atom stereocenters. The van der Waals surface area contributed by atoms with Crippen molar-refractivity contribution in [3.63, 3.8) is 0 Å². The van der Waals surface area contributed by atoms with E-state index < -0.39 is 0 Å². The first kappa shape index (κ1) is 12.9. The largest absolute Gasteiger partial charge is 0.347 e. The van der Waals surface area contributed by atoms with Gasteiger partial charge in [0.1, 0.15) is 0 Å². The van der Waals surface area contributed by atoms with Gasteiger partial charge in [0, 0.05) is 26.7 Å². The average molecular weight is 282 g/mol. The minimum Gasteiger partial charge on any atom is -0.347 e. The summed E-state index contributed by atoms with van der Waals surface area (Å²) in [6.07, 6.45) is 6.55. The van der Waals surface area contributed by atoms with Gasteiger partial charge in [-0.15, -0.1) is 0 Å². The van der Waals surface area contributed by atoms with Gasteiger partial charge in [-0.1, -0.05) is 12.8 Å². The summed E-state index contributed by atoms with van der Waals surface area (Å²) in [6, 6.07) is 0.599. The highest BCUT2D eigenvalue weighted by molar-refractivity contribution is 6.28. The zero-order valence-electron chi connectivity index (χ0n) is 11.5. The Morgan fingerprint density at radius 3 is 2.68 bits per heavy atom. The second-order valence-electron chi connectivity index (χ2n) is 5.69. The van der Waals surface area contributed by atoms with Gasteiger partial charge >= 0.3 is 0 Å². The maximum Gasteiger partial charge on any atom is 0.231 e. The quantitative estimate of drug-likeness (QED) is 0.833. The van der Waals surface area contributed by atoms with E-state index in [4.69, 9.17) is 11.6 Å². The normalized spacial score (nSPS) is 26.4. The van der Waals surface area contributed by atoms with E-state index in [1.165, 1.54) is 32.1 Å². The van der Waals surface area contributed by atoms with Gasteiger partial charge in [-0.25, -0.2) is 0 Å². The van der Waals surface area contributed by atoms with Crippen LogP contribution in [0.25, 0.3) is 0 Å². The molecule has 0 radical (unpaired) electrons. The van der Waals surface area contributed by atoms with Crippen LogP contribution in [0.2, 0.25) is 5.28 Å². The lowest BCUT2D eigenvalue weighted by Gasteiger charge is -2.31. The Labute approximate surface area is 119 Å². The third-order valence-electron chi connectivity index (χ3n) is 4.25. The number of anilines is 2. The summed E-state index contributed by atoms with van der Waals surface area (Å²) in [7, 11) is 3.84. The fraction of sp³-hybridized carbons (Fsp3) is 0.769. The van der Waals surface area contributed by atoms with Crippen molar-refractivity contribution in [2.24, 2.45) is 5.92 Å². The molecule has 19 heavy (non-hydrogen) atoms. The van der Waals surface area contributed by atoms with Crippen LogP contribution in [0.4, 0.5) is 11.9 Å². The summed E-state index contributed by atoms with van der Waals surface area (Å²) in [5.41, 5.74) is 0. The number of hydrogen-bond acceptors (Lipinski definition) is 5. The summed E-state index contributed by atoms with van der Waals surface area (Å²) in [4.78, 5) is 17.2. The van der Waals surface area contributed by atoms with Crippen molar-refractivity contribution in [2.45, 2.75) is 38.1 Å². The zero-order chi connectivity index (χ0) is 13.4. The van der Waals surface area contributed by atoms with Crippen LogP contribution in [0.5, 0.6) is 0 Å². The van der Waals surface area contributed by atoms with E-state index >= 15 is 0 Å². The van der Waals surface area contributed by atoms with Crippen molar-refractivity contribution in [1.29, 1.82) is 0 Å². The SMILES string of the molecule is CN(C)c1nc(Cl)nc(N2CCC3CCCCC32)n1. The lowest BCUT2D eigenvalue weighted by molar-refractivity contribution is 0.340. The minimum atomic E-state index is 0.285. The summed E-state index contributed by atoms with van der Waals surface area (Å²) in [5.74, 6) is 2.19. The number of rotatable bonds is 2. The van der Waals surface area contributed by atoms with Crippen molar-refractivity contribution in [3.05, 3.63) is 5.28 Å². The van der Waals surface area contributed by atoms with Crippen LogP contribution >= 0.6 is 11.6 Å². The number of nitrogens with zero attached hydrogens (tertiary/aromatic N) is 5. The highest BCUT2D eigenvalue weighted by Gasteiger charge is 2.37. The third-order valence-corrected chi connectivity index (χ3v) is 4.42. The first-order valence-corrected chi connectivity index (χ1v) is 7.38. The van der Waals surface area contributed by atoms with Crippen molar-refractivity contribution < 1.29 is 0 Å². The molecule has 2 aliphatic rings. The summed E-state index contributed by atoms with van der Waals surface area (Å²) in [6.45, 7) is 1.04. The van der Waals surface area contributed by atoms with Crippen LogP contribution in [-0.4, -0.2) is 41.6 Å². The molecular weight excluding hydrogens is 262 g/mol. The molecule has 1 aliphatic heterocycles. The molecule has 1 aliphatic carbocycles. The Balaban J connectivity index is 1.89. The van der Waals surface area contributed by atoms with E-state index in [9.17, 15) is 0 Å². The van der Waals surface area contributed by atoms with Gasteiger partial charge in [-0.05, 0) is 36.8 Å². The summed E-state index contributed by atoms with van der Waals surface area (Å²) in [5, 5.41) is 0.285.